The molecule has 8 heteroatoms. The molecule has 0 aliphatic rings. The third kappa shape index (κ3) is 3.90. The number of methoxy groups -OCH3 is 1. The average Bonchev–Trinajstić information content (AvgIpc) is 2.90. The van der Waals surface area contributed by atoms with Crippen LogP contribution in [0.2, 0.25) is 0 Å². The molecule has 0 unspecified atom stereocenters. The summed E-state index contributed by atoms with van der Waals surface area (Å²) in [7, 11) is 1.60. The van der Waals surface area contributed by atoms with E-state index in [1.54, 1.807) is 12.6 Å². The van der Waals surface area contributed by atoms with Crippen molar-refractivity contribution in [3.05, 3.63) is 33.7 Å². The van der Waals surface area contributed by atoms with Crippen LogP contribution in [-0.4, -0.2) is 23.3 Å². The first-order valence-electron chi connectivity index (χ1n) is 5.32. The Balaban J connectivity index is 1.93. The number of benzene rings is 1. The van der Waals surface area contributed by atoms with Gasteiger partial charge in [-0.3, -0.25) is 5.32 Å². The van der Waals surface area contributed by atoms with Gasteiger partial charge in [-0.2, -0.15) is 0 Å². The maximum Gasteiger partial charge on any atom is 0.321 e. The van der Waals surface area contributed by atoms with Gasteiger partial charge < -0.3 is 10.1 Å². The van der Waals surface area contributed by atoms with Gasteiger partial charge in [0.15, 0.2) is 0 Å². The molecule has 2 rings (SSSR count). The molecule has 0 bridgehead atoms. The summed E-state index contributed by atoms with van der Waals surface area (Å²) in [4.78, 5) is 11.6. The Labute approximate surface area is 122 Å². The fourth-order valence-corrected chi connectivity index (χ4v) is 2.18. The largest absolute Gasteiger partial charge is 0.497 e. The van der Waals surface area contributed by atoms with Crippen LogP contribution in [0.4, 0.5) is 9.93 Å². The van der Waals surface area contributed by atoms with Crippen molar-refractivity contribution in [2.45, 2.75) is 6.54 Å². The molecule has 19 heavy (non-hydrogen) atoms. The maximum absolute atomic E-state index is 11.6. The van der Waals surface area contributed by atoms with Crippen LogP contribution in [0.5, 0.6) is 5.75 Å². The van der Waals surface area contributed by atoms with Crippen molar-refractivity contribution in [2.24, 2.45) is 0 Å². The van der Waals surface area contributed by atoms with E-state index in [0.29, 0.717) is 11.7 Å². The Bertz CT molecular complexity index is 562. The zero-order chi connectivity index (χ0) is 13.7. The van der Waals surface area contributed by atoms with Crippen molar-refractivity contribution in [1.82, 2.24) is 15.5 Å². The van der Waals surface area contributed by atoms with Gasteiger partial charge in [-0.15, -0.1) is 10.2 Å². The van der Waals surface area contributed by atoms with Crippen molar-refractivity contribution in [2.75, 3.05) is 12.4 Å². The second kappa shape index (κ2) is 6.48. The lowest BCUT2D eigenvalue weighted by atomic mass is 10.2. The highest BCUT2D eigenvalue weighted by molar-refractivity contribution is 9.10. The first-order valence-corrected chi connectivity index (χ1v) is 6.99. The monoisotopic (exact) mass is 342 g/mol. The zero-order valence-corrected chi connectivity index (χ0v) is 12.4. The molecule has 0 fully saturated rings. The van der Waals surface area contributed by atoms with Crippen molar-refractivity contribution in [3.63, 3.8) is 0 Å². The first kappa shape index (κ1) is 13.8. The van der Waals surface area contributed by atoms with E-state index in [1.165, 1.54) is 11.3 Å². The van der Waals surface area contributed by atoms with Gasteiger partial charge in [0.2, 0.25) is 5.13 Å². The SMILES string of the molecule is COc1ccc(Br)c(CNC(=O)Nc2nncs2)c1. The summed E-state index contributed by atoms with van der Waals surface area (Å²) in [5, 5.41) is 13.1. The minimum Gasteiger partial charge on any atom is -0.497 e. The van der Waals surface area contributed by atoms with E-state index in [9.17, 15) is 4.79 Å². The zero-order valence-electron chi connectivity index (χ0n) is 10.0. The number of ether oxygens (including phenoxy) is 1. The number of carbonyl (C=O) groups is 1. The molecule has 100 valence electrons. The van der Waals surface area contributed by atoms with E-state index in [1.807, 2.05) is 18.2 Å². The van der Waals surface area contributed by atoms with Crippen molar-refractivity contribution >= 4 is 38.4 Å². The molecule has 0 aliphatic carbocycles. The van der Waals surface area contributed by atoms with E-state index in [0.717, 1.165) is 15.8 Å². The summed E-state index contributed by atoms with van der Waals surface area (Å²) in [6, 6.07) is 5.24. The molecule has 1 heterocycles. The Morgan fingerprint density at radius 2 is 2.37 bits per heavy atom. The predicted octanol–water partition coefficient (Wildman–Crippen LogP) is 2.63. The van der Waals surface area contributed by atoms with Gasteiger partial charge in [-0.25, -0.2) is 4.79 Å². The average molecular weight is 343 g/mol. The molecular weight excluding hydrogens is 332 g/mol. The molecule has 2 N–H and O–H groups in total. The number of aromatic nitrogens is 2. The summed E-state index contributed by atoms with van der Waals surface area (Å²) >= 11 is 4.68. The van der Waals surface area contributed by atoms with Crippen molar-refractivity contribution in [1.29, 1.82) is 0 Å². The topological polar surface area (TPSA) is 76.1 Å². The third-order valence-corrected chi connectivity index (χ3v) is 3.65. The van der Waals surface area contributed by atoms with Gasteiger partial charge in [0.05, 0.1) is 7.11 Å². The quantitative estimate of drug-likeness (QED) is 0.895. The number of carbonyl (C=O) groups excluding carboxylic acids is 1. The number of hydrogen-bond donors (Lipinski definition) is 2. The summed E-state index contributed by atoms with van der Waals surface area (Å²) in [5.74, 6) is 0.740. The maximum atomic E-state index is 11.6. The number of nitrogens with zero attached hydrogens (tertiary/aromatic N) is 2. The molecular formula is C11H11BrN4O2S. The molecule has 0 atom stereocenters. The molecule has 2 aromatic rings. The van der Waals surface area contributed by atoms with Crippen LogP contribution in [0, 0.1) is 0 Å². The number of nitrogens with one attached hydrogen (secondary N) is 2. The fraction of sp³-hybridized carbons (Fsp3) is 0.182. The minimum atomic E-state index is -0.327. The van der Waals surface area contributed by atoms with Gasteiger partial charge in [0, 0.05) is 11.0 Å². The third-order valence-electron chi connectivity index (χ3n) is 2.27. The van der Waals surface area contributed by atoms with E-state index in [4.69, 9.17) is 4.74 Å². The fourth-order valence-electron chi connectivity index (χ4n) is 1.36. The van der Waals surface area contributed by atoms with E-state index in [2.05, 4.69) is 36.8 Å². The minimum absolute atomic E-state index is 0.327. The first-order chi connectivity index (χ1) is 9.19. The Hall–Kier alpha value is -1.67. The number of hydrogen-bond acceptors (Lipinski definition) is 5. The Morgan fingerprint density at radius 1 is 1.53 bits per heavy atom. The summed E-state index contributed by atoms with van der Waals surface area (Å²) in [6.07, 6.45) is 0. The summed E-state index contributed by atoms with van der Waals surface area (Å²) in [6.45, 7) is 0.377. The summed E-state index contributed by atoms with van der Waals surface area (Å²) < 4.78 is 6.04. The number of urea groups is 1. The number of rotatable bonds is 4. The normalized spacial score (nSPS) is 10.0. The lowest BCUT2D eigenvalue weighted by Gasteiger charge is -2.09. The molecule has 0 radical (unpaired) electrons. The molecule has 6 nitrogen and oxygen atoms in total. The highest BCUT2D eigenvalue weighted by Gasteiger charge is 2.06. The lowest BCUT2D eigenvalue weighted by Crippen LogP contribution is -2.28. The van der Waals surface area contributed by atoms with E-state index in [-0.39, 0.29) is 6.03 Å². The number of amides is 2. The van der Waals surface area contributed by atoms with Crippen LogP contribution < -0.4 is 15.4 Å². The molecule has 0 saturated carbocycles. The summed E-state index contributed by atoms with van der Waals surface area (Å²) in [5.41, 5.74) is 2.47. The highest BCUT2D eigenvalue weighted by atomic mass is 79.9. The molecule has 2 amide bonds. The van der Waals surface area contributed by atoms with Gasteiger partial charge in [0.1, 0.15) is 11.3 Å². The van der Waals surface area contributed by atoms with Gasteiger partial charge in [-0.05, 0) is 23.8 Å². The van der Waals surface area contributed by atoms with Crippen LogP contribution in [0.3, 0.4) is 0 Å². The highest BCUT2D eigenvalue weighted by Crippen LogP contribution is 2.22. The molecule has 0 spiro atoms. The van der Waals surface area contributed by atoms with E-state index < -0.39 is 0 Å². The molecule has 0 aliphatic heterocycles. The number of halogens is 1. The standard InChI is InChI=1S/C11H11BrN4O2S/c1-18-8-2-3-9(12)7(4-8)5-13-10(17)15-11-16-14-6-19-11/h2-4,6H,5H2,1H3,(H2,13,15,16,17). The van der Waals surface area contributed by atoms with Crippen LogP contribution in [0.1, 0.15) is 5.56 Å². The molecule has 1 aromatic heterocycles. The Kier molecular flexibility index (Phi) is 4.69. The van der Waals surface area contributed by atoms with Crippen molar-refractivity contribution < 1.29 is 9.53 Å². The number of anilines is 1. The van der Waals surface area contributed by atoms with Crippen LogP contribution in [-0.2, 0) is 6.54 Å². The van der Waals surface area contributed by atoms with Crippen LogP contribution in [0.15, 0.2) is 28.2 Å². The van der Waals surface area contributed by atoms with Gasteiger partial charge in [-0.1, -0.05) is 27.3 Å². The van der Waals surface area contributed by atoms with Crippen molar-refractivity contribution in [3.8, 4) is 5.75 Å². The van der Waals surface area contributed by atoms with Gasteiger partial charge in [0.25, 0.3) is 0 Å². The Morgan fingerprint density at radius 3 is 3.05 bits per heavy atom. The molecule has 0 saturated heterocycles. The lowest BCUT2D eigenvalue weighted by molar-refractivity contribution is 0.251. The van der Waals surface area contributed by atoms with E-state index >= 15 is 0 Å². The van der Waals surface area contributed by atoms with Gasteiger partial charge >= 0.3 is 6.03 Å². The molecule has 1 aromatic carbocycles. The predicted molar refractivity (Wildman–Crippen MR) is 76.5 cm³/mol. The second-order valence-corrected chi connectivity index (χ2v) is 5.20. The van der Waals surface area contributed by atoms with Crippen LogP contribution >= 0.6 is 27.3 Å². The second-order valence-electron chi connectivity index (χ2n) is 3.51. The smallest absolute Gasteiger partial charge is 0.321 e. The van der Waals surface area contributed by atoms with Crippen LogP contribution in [0.25, 0.3) is 0 Å².